The molecule has 1 heterocycles. The highest BCUT2D eigenvalue weighted by Gasteiger charge is 2.04. The summed E-state index contributed by atoms with van der Waals surface area (Å²) in [6, 6.07) is 7.01. The van der Waals surface area contributed by atoms with E-state index in [4.69, 9.17) is 0 Å². The number of hydrogen-bond donors (Lipinski definition) is 1. The van der Waals surface area contributed by atoms with Gasteiger partial charge in [0.1, 0.15) is 0 Å². The molecule has 15 heavy (non-hydrogen) atoms. The summed E-state index contributed by atoms with van der Waals surface area (Å²) < 4.78 is 2.50. The lowest BCUT2D eigenvalue weighted by molar-refractivity contribution is 0.591. The van der Waals surface area contributed by atoms with E-state index in [-0.39, 0.29) is 0 Å². The Morgan fingerprint density at radius 2 is 2.20 bits per heavy atom. The second-order valence-electron chi connectivity index (χ2n) is 3.94. The molecule has 0 amide bonds. The van der Waals surface area contributed by atoms with E-state index < -0.39 is 0 Å². The summed E-state index contributed by atoms with van der Waals surface area (Å²) in [6.07, 6.45) is 0. The van der Waals surface area contributed by atoms with Crippen LogP contribution in [0.25, 0.3) is 10.1 Å². The quantitative estimate of drug-likeness (QED) is 0.892. The molecule has 1 aromatic heterocycles. The second kappa shape index (κ2) is 4.64. The van der Waals surface area contributed by atoms with Crippen molar-refractivity contribution in [1.82, 2.24) is 5.32 Å². The van der Waals surface area contributed by atoms with Gasteiger partial charge >= 0.3 is 0 Å². The molecule has 0 bridgehead atoms. The maximum absolute atomic E-state index is 3.49. The molecule has 0 fully saturated rings. The van der Waals surface area contributed by atoms with Gasteiger partial charge in [0.2, 0.25) is 0 Å². The largest absolute Gasteiger partial charge is 0.310 e. The van der Waals surface area contributed by atoms with E-state index in [0.29, 0.717) is 6.04 Å². The van der Waals surface area contributed by atoms with E-state index in [9.17, 15) is 0 Å². The predicted octanol–water partition coefficient (Wildman–Crippen LogP) is 4.16. The van der Waals surface area contributed by atoms with Crippen molar-refractivity contribution in [3.05, 3.63) is 33.6 Å². The third-order valence-electron chi connectivity index (χ3n) is 2.32. The van der Waals surface area contributed by atoms with Gasteiger partial charge in [0.05, 0.1) is 0 Å². The van der Waals surface area contributed by atoms with E-state index >= 15 is 0 Å². The summed E-state index contributed by atoms with van der Waals surface area (Å²) in [6.45, 7) is 5.30. The highest BCUT2D eigenvalue weighted by atomic mass is 79.9. The smallest absolute Gasteiger partial charge is 0.0357 e. The van der Waals surface area contributed by atoms with Crippen molar-refractivity contribution >= 4 is 37.4 Å². The molecule has 0 aliphatic heterocycles. The summed E-state index contributed by atoms with van der Waals surface area (Å²) in [5.41, 5.74) is 1.40. The summed E-state index contributed by atoms with van der Waals surface area (Å²) in [5, 5.41) is 7.06. The fourth-order valence-electron chi connectivity index (χ4n) is 1.51. The number of thiophene rings is 1. The van der Waals surface area contributed by atoms with Crippen molar-refractivity contribution in [2.75, 3.05) is 0 Å². The first-order valence-electron chi connectivity index (χ1n) is 5.06. The Morgan fingerprint density at radius 3 is 2.93 bits per heavy atom. The molecule has 0 aliphatic rings. The highest BCUT2D eigenvalue weighted by Crippen LogP contribution is 2.28. The first kappa shape index (κ1) is 11.1. The van der Waals surface area contributed by atoms with Crippen LogP contribution in [0.2, 0.25) is 0 Å². The molecule has 2 rings (SSSR count). The van der Waals surface area contributed by atoms with Crippen molar-refractivity contribution in [2.45, 2.75) is 26.4 Å². The molecule has 0 atom stereocenters. The predicted molar refractivity (Wildman–Crippen MR) is 71.5 cm³/mol. The number of hydrogen-bond acceptors (Lipinski definition) is 2. The normalized spacial score (nSPS) is 11.5. The topological polar surface area (TPSA) is 12.0 Å². The second-order valence-corrected chi connectivity index (χ2v) is 5.76. The molecule has 1 nitrogen and oxygen atoms in total. The monoisotopic (exact) mass is 283 g/mol. The zero-order valence-electron chi connectivity index (χ0n) is 8.88. The van der Waals surface area contributed by atoms with Crippen LogP contribution in [-0.2, 0) is 6.54 Å². The van der Waals surface area contributed by atoms with E-state index in [2.05, 4.69) is 58.7 Å². The molecule has 1 aromatic carbocycles. The maximum atomic E-state index is 3.49. The van der Waals surface area contributed by atoms with Gasteiger partial charge in [-0.3, -0.25) is 0 Å². The van der Waals surface area contributed by atoms with E-state index in [0.717, 1.165) is 11.0 Å². The van der Waals surface area contributed by atoms with Crippen LogP contribution in [0.15, 0.2) is 28.1 Å². The maximum Gasteiger partial charge on any atom is 0.0357 e. The minimum absolute atomic E-state index is 0.537. The standard InChI is InChI=1S/C12H14BrNS/c1-8(2)14-6-9-7-15-12-5-10(13)3-4-11(9)12/h3-5,7-8,14H,6H2,1-2H3. The number of nitrogens with one attached hydrogen (secondary N) is 1. The van der Waals surface area contributed by atoms with Gasteiger partial charge in [-0.2, -0.15) is 0 Å². The van der Waals surface area contributed by atoms with Crippen molar-refractivity contribution in [2.24, 2.45) is 0 Å². The lowest BCUT2D eigenvalue weighted by Gasteiger charge is -2.06. The van der Waals surface area contributed by atoms with Gasteiger partial charge in [0.15, 0.2) is 0 Å². The van der Waals surface area contributed by atoms with Gasteiger partial charge in [-0.05, 0) is 28.5 Å². The Labute approximate surface area is 103 Å². The van der Waals surface area contributed by atoms with Gasteiger partial charge in [-0.25, -0.2) is 0 Å². The fraction of sp³-hybridized carbons (Fsp3) is 0.333. The van der Waals surface area contributed by atoms with Crippen LogP contribution in [0.3, 0.4) is 0 Å². The molecule has 0 saturated carbocycles. The average molecular weight is 284 g/mol. The zero-order valence-corrected chi connectivity index (χ0v) is 11.3. The fourth-order valence-corrected chi connectivity index (χ4v) is 3.02. The van der Waals surface area contributed by atoms with Gasteiger partial charge in [-0.1, -0.05) is 35.8 Å². The molecule has 0 aliphatic carbocycles. The van der Waals surface area contributed by atoms with Crippen LogP contribution >= 0.6 is 27.3 Å². The van der Waals surface area contributed by atoms with Crippen LogP contribution in [0.4, 0.5) is 0 Å². The molecule has 0 radical (unpaired) electrons. The Kier molecular flexibility index (Phi) is 3.44. The Bertz CT molecular complexity index is 462. The number of benzene rings is 1. The molecule has 2 aromatic rings. The molecule has 0 saturated heterocycles. The Balaban J connectivity index is 2.29. The van der Waals surface area contributed by atoms with Crippen molar-refractivity contribution in [3.8, 4) is 0 Å². The lowest BCUT2D eigenvalue weighted by atomic mass is 10.2. The highest BCUT2D eigenvalue weighted by molar-refractivity contribution is 9.10. The molecule has 0 spiro atoms. The average Bonchev–Trinajstić information content (AvgIpc) is 2.57. The van der Waals surface area contributed by atoms with Crippen LogP contribution in [-0.4, -0.2) is 6.04 Å². The molecule has 1 N–H and O–H groups in total. The molecule has 80 valence electrons. The SMILES string of the molecule is CC(C)NCc1csc2cc(Br)ccc12. The first-order chi connectivity index (χ1) is 7.16. The molecule has 0 unspecified atom stereocenters. The summed E-state index contributed by atoms with van der Waals surface area (Å²) in [4.78, 5) is 0. The lowest BCUT2D eigenvalue weighted by Crippen LogP contribution is -2.21. The zero-order chi connectivity index (χ0) is 10.8. The van der Waals surface area contributed by atoms with Crippen molar-refractivity contribution in [3.63, 3.8) is 0 Å². The summed E-state index contributed by atoms with van der Waals surface area (Å²) in [7, 11) is 0. The van der Waals surface area contributed by atoms with E-state index in [1.54, 1.807) is 0 Å². The van der Waals surface area contributed by atoms with Gasteiger partial charge in [0, 0.05) is 21.8 Å². The number of rotatable bonds is 3. The molecular formula is C12H14BrNS. The van der Waals surface area contributed by atoms with Crippen LogP contribution < -0.4 is 5.32 Å². The minimum Gasteiger partial charge on any atom is -0.310 e. The Morgan fingerprint density at radius 1 is 1.40 bits per heavy atom. The van der Waals surface area contributed by atoms with Gasteiger partial charge < -0.3 is 5.32 Å². The van der Waals surface area contributed by atoms with Crippen LogP contribution in [0.1, 0.15) is 19.4 Å². The van der Waals surface area contributed by atoms with Crippen LogP contribution in [0, 0.1) is 0 Å². The molecular weight excluding hydrogens is 270 g/mol. The minimum atomic E-state index is 0.537. The van der Waals surface area contributed by atoms with E-state index in [1.165, 1.54) is 15.6 Å². The third-order valence-corrected chi connectivity index (χ3v) is 3.81. The number of fused-ring (bicyclic) bond motifs is 1. The first-order valence-corrected chi connectivity index (χ1v) is 6.73. The number of halogens is 1. The van der Waals surface area contributed by atoms with Gasteiger partial charge in [-0.15, -0.1) is 11.3 Å². The van der Waals surface area contributed by atoms with Crippen molar-refractivity contribution < 1.29 is 0 Å². The van der Waals surface area contributed by atoms with Crippen molar-refractivity contribution in [1.29, 1.82) is 0 Å². The Hall–Kier alpha value is -0.380. The summed E-state index contributed by atoms with van der Waals surface area (Å²) >= 11 is 5.30. The molecule has 3 heteroatoms. The van der Waals surface area contributed by atoms with Crippen LogP contribution in [0.5, 0.6) is 0 Å². The van der Waals surface area contributed by atoms with E-state index in [1.807, 2.05) is 11.3 Å². The third kappa shape index (κ3) is 2.60. The summed E-state index contributed by atoms with van der Waals surface area (Å²) in [5.74, 6) is 0. The van der Waals surface area contributed by atoms with Gasteiger partial charge in [0.25, 0.3) is 0 Å².